The van der Waals surface area contributed by atoms with Crippen LogP contribution in [-0.4, -0.2) is 36.0 Å². The van der Waals surface area contributed by atoms with Crippen molar-refractivity contribution < 1.29 is 0 Å². The molecule has 11 heavy (non-hydrogen) atoms. The van der Waals surface area contributed by atoms with Crippen molar-refractivity contribution in [1.29, 1.82) is 0 Å². The molecule has 0 bridgehead atoms. The highest BCUT2D eigenvalue weighted by Gasteiger charge is 2.08. The van der Waals surface area contributed by atoms with Gasteiger partial charge in [0.1, 0.15) is 0 Å². The molecule has 0 aliphatic carbocycles. The van der Waals surface area contributed by atoms with Crippen molar-refractivity contribution in [3.8, 4) is 0 Å². The minimum Gasteiger partial charge on any atom is -0.303 e. The number of nitrogens with zero attached hydrogens (tertiary/aromatic N) is 1. The second kappa shape index (κ2) is 5.90. The first-order chi connectivity index (χ1) is 5.43. The van der Waals surface area contributed by atoms with Crippen LogP contribution in [0.1, 0.15) is 26.2 Å². The maximum atomic E-state index is 2.60. The summed E-state index contributed by atoms with van der Waals surface area (Å²) in [5.74, 6) is 2.60. The Hall–Kier alpha value is 0.310. The van der Waals surface area contributed by atoms with Crippen LogP contribution in [0.15, 0.2) is 0 Å². The molecule has 1 nitrogen and oxygen atoms in total. The average molecular weight is 173 g/mol. The highest BCUT2D eigenvalue weighted by Crippen LogP contribution is 2.09. The van der Waals surface area contributed by atoms with E-state index in [4.69, 9.17) is 0 Å². The van der Waals surface area contributed by atoms with Gasteiger partial charge >= 0.3 is 0 Å². The molecule has 66 valence electrons. The molecule has 1 rings (SSSR count). The quantitative estimate of drug-likeness (QED) is 0.600. The van der Waals surface area contributed by atoms with E-state index in [9.17, 15) is 0 Å². The van der Waals surface area contributed by atoms with E-state index >= 15 is 0 Å². The van der Waals surface area contributed by atoms with Gasteiger partial charge in [-0.3, -0.25) is 0 Å². The van der Waals surface area contributed by atoms with Crippen molar-refractivity contribution in [1.82, 2.24) is 4.90 Å². The summed E-state index contributed by atoms with van der Waals surface area (Å²) in [5.41, 5.74) is 0. The third kappa shape index (κ3) is 4.02. The van der Waals surface area contributed by atoms with E-state index < -0.39 is 0 Å². The third-order valence-corrected chi connectivity index (χ3v) is 3.08. The Kier molecular flexibility index (Phi) is 5.04. The molecule has 1 saturated heterocycles. The van der Waals surface area contributed by atoms with Gasteiger partial charge < -0.3 is 4.90 Å². The standard InChI is InChI=1S/C9H19NS/c1-2-11-9-8-10-6-4-3-5-7-10/h2-9H2,1H3. The summed E-state index contributed by atoms with van der Waals surface area (Å²) in [4.78, 5) is 2.60. The van der Waals surface area contributed by atoms with E-state index in [1.54, 1.807) is 0 Å². The van der Waals surface area contributed by atoms with Crippen LogP contribution in [-0.2, 0) is 0 Å². The van der Waals surface area contributed by atoms with Crippen LogP contribution in [0, 0.1) is 0 Å². The van der Waals surface area contributed by atoms with Crippen molar-refractivity contribution in [2.45, 2.75) is 26.2 Å². The molecular formula is C9H19NS. The van der Waals surface area contributed by atoms with Gasteiger partial charge in [0, 0.05) is 12.3 Å². The number of thioether (sulfide) groups is 1. The molecule has 0 aromatic heterocycles. The van der Waals surface area contributed by atoms with Crippen molar-refractivity contribution in [3.63, 3.8) is 0 Å². The summed E-state index contributed by atoms with van der Waals surface area (Å²) in [6.45, 7) is 6.26. The van der Waals surface area contributed by atoms with Gasteiger partial charge in [0.2, 0.25) is 0 Å². The zero-order valence-electron chi connectivity index (χ0n) is 7.51. The summed E-state index contributed by atoms with van der Waals surface area (Å²) in [5, 5.41) is 0. The second-order valence-corrected chi connectivity index (χ2v) is 4.49. The summed E-state index contributed by atoms with van der Waals surface area (Å²) in [7, 11) is 0. The number of hydrogen-bond acceptors (Lipinski definition) is 2. The molecule has 1 heterocycles. The second-order valence-electron chi connectivity index (χ2n) is 3.10. The summed E-state index contributed by atoms with van der Waals surface area (Å²) < 4.78 is 0. The van der Waals surface area contributed by atoms with Gasteiger partial charge in [-0.25, -0.2) is 0 Å². The molecule has 2 heteroatoms. The molecule has 0 unspecified atom stereocenters. The largest absolute Gasteiger partial charge is 0.303 e. The molecule has 0 amide bonds. The van der Waals surface area contributed by atoms with Crippen LogP contribution in [0.3, 0.4) is 0 Å². The summed E-state index contributed by atoms with van der Waals surface area (Å²) >= 11 is 2.06. The lowest BCUT2D eigenvalue weighted by Crippen LogP contribution is -2.31. The summed E-state index contributed by atoms with van der Waals surface area (Å²) in [6, 6.07) is 0. The van der Waals surface area contributed by atoms with E-state index in [0.29, 0.717) is 0 Å². The minimum atomic E-state index is 1.27. The Morgan fingerprint density at radius 3 is 2.55 bits per heavy atom. The van der Waals surface area contributed by atoms with E-state index in [1.807, 2.05) is 0 Å². The van der Waals surface area contributed by atoms with Crippen LogP contribution in [0.25, 0.3) is 0 Å². The number of likely N-dealkylation sites (tertiary alicyclic amines) is 1. The van der Waals surface area contributed by atoms with Gasteiger partial charge in [0.15, 0.2) is 0 Å². The normalized spacial score (nSPS) is 20.5. The fraction of sp³-hybridized carbons (Fsp3) is 1.00. The fourth-order valence-electron chi connectivity index (χ4n) is 1.52. The average Bonchev–Trinajstić information content (AvgIpc) is 2.07. The summed E-state index contributed by atoms with van der Waals surface area (Å²) in [6.07, 6.45) is 4.31. The maximum absolute atomic E-state index is 2.60. The lowest BCUT2D eigenvalue weighted by Gasteiger charge is -2.25. The molecule has 0 atom stereocenters. The van der Waals surface area contributed by atoms with E-state index in [0.717, 1.165) is 0 Å². The topological polar surface area (TPSA) is 3.24 Å². The fourth-order valence-corrected chi connectivity index (χ4v) is 2.20. The van der Waals surface area contributed by atoms with Gasteiger partial charge in [-0.2, -0.15) is 11.8 Å². The van der Waals surface area contributed by atoms with Crippen molar-refractivity contribution in [3.05, 3.63) is 0 Å². The molecule has 0 spiro atoms. The predicted molar refractivity (Wildman–Crippen MR) is 53.3 cm³/mol. The Morgan fingerprint density at radius 1 is 1.18 bits per heavy atom. The predicted octanol–water partition coefficient (Wildman–Crippen LogP) is 2.23. The molecular weight excluding hydrogens is 154 g/mol. The molecule has 0 radical (unpaired) electrons. The number of rotatable bonds is 4. The zero-order chi connectivity index (χ0) is 7.94. The van der Waals surface area contributed by atoms with Crippen molar-refractivity contribution in [2.75, 3.05) is 31.1 Å². The number of hydrogen-bond donors (Lipinski definition) is 0. The van der Waals surface area contributed by atoms with Gasteiger partial charge in [0.25, 0.3) is 0 Å². The van der Waals surface area contributed by atoms with Crippen LogP contribution in [0.4, 0.5) is 0 Å². The van der Waals surface area contributed by atoms with Crippen molar-refractivity contribution >= 4 is 11.8 Å². The van der Waals surface area contributed by atoms with Crippen LogP contribution in [0.2, 0.25) is 0 Å². The molecule has 1 fully saturated rings. The van der Waals surface area contributed by atoms with Gasteiger partial charge in [-0.15, -0.1) is 0 Å². The Balaban J connectivity index is 1.96. The lowest BCUT2D eigenvalue weighted by atomic mass is 10.1. The van der Waals surface area contributed by atoms with Crippen LogP contribution in [0.5, 0.6) is 0 Å². The molecule has 1 aliphatic rings. The Bertz CT molecular complexity index is 89.6. The Morgan fingerprint density at radius 2 is 1.91 bits per heavy atom. The third-order valence-electron chi connectivity index (χ3n) is 2.20. The van der Waals surface area contributed by atoms with Crippen LogP contribution < -0.4 is 0 Å². The zero-order valence-corrected chi connectivity index (χ0v) is 8.33. The minimum absolute atomic E-state index is 1.27. The smallest absolute Gasteiger partial charge is 0.00723 e. The van der Waals surface area contributed by atoms with Gasteiger partial charge in [-0.05, 0) is 31.7 Å². The SMILES string of the molecule is CCSCCN1CCCCC1. The first kappa shape index (κ1) is 9.40. The molecule has 0 saturated carbocycles. The van der Waals surface area contributed by atoms with Crippen molar-refractivity contribution in [2.24, 2.45) is 0 Å². The number of piperidine rings is 1. The monoisotopic (exact) mass is 173 g/mol. The van der Waals surface area contributed by atoms with E-state index in [1.165, 1.54) is 50.4 Å². The Labute approximate surface area is 74.5 Å². The van der Waals surface area contributed by atoms with E-state index in [-0.39, 0.29) is 0 Å². The lowest BCUT2D eigenvalue weighted by molar-refractivity contribution is 0.242. The first-order valence-corrected chi connectivity index (χ1v) is 5.89. The first-order valence-electron chi connectivity index (χ1n) is 4.73. The van der Waals surface area contributed by atoms with Gasteiger partial charge in [-0.1, -0.05) is 13.3 Å². The highest BCUT2D eigenvalue weighted by molar-refractivity contribution is 7.99. The molecule has 0 aromatic rings. The van der Waals surface area contributed by atoms with Crippen LogP contribution >= 0.6 is 11.8 Å². The van der Waals surface area contributed by atoms with Gasteiger partial charge in [0.05, 0.1) is 0 Å². The molecule has 0 aromatic carbocycles. The molecule has 1 aliphatic heterocycles. The molecule has 0 N–H and O–H groups in total. The van der Waals surface area contributed by atoms with E-state index in [2.05, 4.69) is 23.6 Å². The highest BCUT2D eigenvalue weighted by atomic mass is 32.2. The maximum Gasteiger partial charge on any atom is 0.00723 e.